The van der Waals surface area contributed by atoms with E-state index in [1.165, 1.54) is 10.6 Å². The molecule has 0 saturated heterocycles. The van der Waals surface area contributed by atoms with Gasteiger partial charge in [-0.05, 0) is 12.1 Å². The number of rotatable bonds is 1. The van der Waals surface area contributed by atoms with E-state index >= 15 is 0 Å². The van der Waals surface area contributed by atoms with Crippen LogP contribution < -0.4 is 5.14 Å². The summed E-state index contributed by atoms with van der Waals surface area (Å²) < 4.78 is 23.7. The zero-order valence-electron chi connectivity index (χ0n) is 7.18. The number of sulfonamides is 1. The van der Waals surface area contributed by atoms with E-state index in [2.05, 4.69) is 4.98 Å². The number of hydrogen-bond donors (Lipinski definition) is 1. The third-order valence-electron chi connectivity index (χ3n) is 1.77. The Kier molecular flexibility index (Phi) is 2.38. The summed E-state index contributed by atoms with van der Waals surface area (Å²) in [6.45, 7) is 0. The number of imidazole rings is 1. The molecule has 0 fully saturated rings. The molecule has 2 aromatic heterocycles. The second-order valence-electron chi connectivity index (χ2n) is 2.83. The Hall–Kier alpha value is -0.820. The predicted octanol–water partition coefficient (Wildman–Crippen LogP) is 1.29. The van der Waals surface area contributed by atoms with Crippen molar-refractivity contribution in [1.29, 1.82) is 0 Å². The van der Waals surface area contributed by atoms with Gasteiger partial charge in [0.05, 0.1) is 5.02 Å². The van der Waals surface area contributed by atoms with Gasteiger partial charge in [0, 0.05) is 6.20 Å². The molecule has 2 rings (SSSR count). The van der Waals surface area contributed by atoms with Gasteiger partial charge in [-0.1, -0.05) is 23.2 Å². The van der Waals surface area contributed by atoms with Gasteiger partial charge in [0.1, 0.15) is 5.65 Å². The number of pyridine rings is 1. The van der Waals surface area contributed by atoms with Crippen LogP contribution >= 0.6 is 23.2 Å². The molecule has 0 bridgehead atoms. The molecule has 0 spiro atoms. The summed E-state index contributed by atoms with van der Waals surface area (Å²) in [4.78, 5) is 3.83. The van der Waals surface area contributed by atoms with E-state index in [0.29, 0.717) is 10.7 Å². The SMILES string of the molecule is NS(=O)(=O)c1c(Cl)nc2ccc(Cl)cn12. The zero-order chi connectivity index (χ0) is 11.2. The van der Waals surface area contributed by atoms with Crippen LogP contribution in [0, 0.1) is 0 Å². The third-order valence-corrected chi connectivity index (χ3v) is 3.30. The first-order valence-electron chi connectivity index (χ1n) is 3.75. The Morgan fingerprint density at radius 1 is 1.33 bits per heavy atom. The highest BCUT2D eigenvalue weighted by Crippen LogP contribution is 2.22. The largest absolute Gasteiger partial charge is 0.287 e. The molecule has 0 radical (unpaired) electrons. The van der Waals surface area contributed by atoms with Crippen LogP contribution in [0.25, 0.3) is 5.65 Å². The molecule has 0 unspecified atom stereocenters. The van der Waals surface area contributed by atoms with Gasteiger partial charge in [-0.2, -0.15) is 0 Å². The van der Waals surface area contributed by atoms with Gasteiger partial charge in [-0.3, -0.25) is 4.40 Å². The van der Waals surface area contributed by atoms with Crippen molar-refractivity contribution in [3.63, 3.8) is 0 Å². The number of nitrogens with zero attached hydrogens (tertiary/aromatic N) is 2. The molecule has 0 atom stereocenters. The molecule has 0 amide bonds. The van der Waals surface area contributed by atoms with Crippen LogP contribution in [0.1, 0.15) is 0 Å². The standard InChI is InChI=1S/C7H5Cl2N3O2S/c8-4-1-2-5-11-6(9)7(12(5)3-4)15(10,13)14/h1-3H,(H2,10,13,14). The lowest BCUT2D eigenvalue weighted by molar-refractivity contribution is 0.593. The van der Waals surface area contributed by atoms with Crippen molar-refractivity contribution < 1.29 is 8.42 Å². The average Bonchev–Trinajstić information content (AvgIpc) is 2.38. The number of hydrogen-bond acceptors (Lipinski definition) is 3. The lowest BCUT2D eigenvalue weighted by Crippen LogP contribution is -2.15. The summed E-state index contributed by atoms with van der Waals surface area (Å²) in [7, 11) is -3.92. The molecule has 15 heavy (non-hydrogen) atoms. The molecular weight excluding hydrogens is 261 g/mol. The number of aromatic nitrogens is 2. The maximum atomic E-state index is 11.2. The lowest BCUT2D eigenvalue weighted by atomic mass is 10.5. The highest BCUT2D eigenvalue weighted by molar-refractivity contribution is 7.89. The minimum Gasteiger partial charge on any atom is -0.287 e. The number of primary sulfonamides is 1. The summed E-state index contributed by atoms with van der Waals surface area (Å²) in [5, 5.41) is 4.94. The minimum absolute atomic E-state index is 0.167. The summed E-state index contributed by atoms with van der Waals surface area (Å²) in [6, 6.07) is 3.12. The Morgan fingerprint density at radius 2 is 2.00 bits per heavy atom. The molecule has 5 nitrogen and oxygen atoms in total. The quantitative estimate of drug-likeness (QED) is 0.844. The fourth-order valence-corrected chi connectivity index (χ4v) is 2.58. The summed E-state index contributed by atoms with van der Waals surface area (Å²) >= 11 is 11.4. The van der Waals surface area contributed by atoms with Crippen molar-refractivity contribution in [3.8, 4) is 0 Å². The summed E-state index contributed by atoms with van der Waals surface area (Å²) in [5.74, 6) is 0. The van der Waals surface area contributed by atoms with Crippen LogP contribution in [-0.4, -0.2) is 17.8 Å². The fraction of sp³-hybridized carbons (Fsp3) is 0. The van der Waals surface area contributed by atoms with E-state index < -0.39 is 10.0 Å². The second kappa shape index (κ2) is 3.34. The Morgan fingerprint density at radius 3 is 2.60 bits per heavy atom. The van der Waals surface area contributed by atoms with E-state index in [1.807, 2.05) is 0 Å². The van der Waals surface area contributed by atoms with Gasteiger partial charge in [-0.15, -0.1) is 0 Å². The van der Waals surface area contributed by atoms with E-state index in [1.54, 1.807) is 12.1 Å². The lowest BCUT2D eigenvalue weighted by Gasteiger charge is -1.99. The Balaban J connectivity index is 2.95. The molecule has 0 aromatic carbocycles. The molecule has 0 aliphatic heterocycles. The van der Waals surface area contributed by atoms with Crippen LogP contribution in [0.4, 0.5) is 0 Å². The first-order valence-corrected chi connectivity index (χ1v) is 6.06. The van der Waals surface area contributed by atoms with Gasteiger partial charge in [0.25, 0.3) is 10.0 Å². The number of nitrogens with two attached hydrogens (primary N) is 1. The van der Waals surface area contributed by atoms with Gasteiger partial charge in [0.15, 0.2) is 10.2 Å². The highest BCUT2D eigenvalue weighted by atomic mass is 35.5. The first-order chi connectivity index (χ1) is 6.89. The van der Waals surface area contributed by atoms with Crippen molar-refractivity contribution in [2.45, 2.75) is 5.03 Å². The fourth-order valence-electron chi connectivity index (χ4n) is 1.22. The van der Waals surface area contributed by atoms with E-state index in [4.69, 9.17) is 28.3 Å². The average molecular weight is 266 g/mol. The van der Waals surface area contributed by atoms with Gasteiger partial charge in [-0.25, -0.2) is 18.5 Å². The van der Waals surface area contributed by atoms with E-state index in [0.717, 1.165) is 0 Å². The van der Waals surface area contributed by atoms with Gasteiger partial charge >= 0.3 is 0 Å². The van der Waals surface area contributed by atoms with Crippen LogP contribution in [0.3, 0.4) is 0 Å². The molecule has 8 heteroatoms. The first kappa shape index (κ1) is 10.7. The normalized spacial score (nSPS) is 12.2. The zero-order valence-corrected chi connectivity index (χ0v) is 9.51. The van der Waals surface area contributed by atoms with Crippen molar-refractivity contribution in [2.75, 3.05) is 0 Å². The number of fused-ring (bicyclic) bond motifs is 1. The maximum Gasteiger partial charge on any atom is 0.257 e. The van der Waals surface area contributed by atoms with Crippen molar-refractivity contribution >= 4 is 38.9 Å². The van der Waals surface area contributed by atoms with Crippen LogP contribution in [-0.2, 0) is 10.0 Å². The highest BCUT2D eigenvalue weighted by Gasteiger charge is 2.20. The Labute approximate surface area is 95.5 Å². The maximum absolute atomic E-state index is 11.2. The van der Waals surface area contributed by atoms with Crippen molar-refractivity contribution in [2.24, 2.45) is 5.14 Å². The van der Waals surface area contributed by atoms with Gasteiger partial charge in [0.2, 0.25) is 0 Å². The van der Waals surface area contributed by atoms with Crippen molar-refractivity contribution in [1.82, 2.24) is 9.38 Å². The topological polar surface area (TPSA) is 77.5 Å². The molecule has 0 aliphatic carbocycles. The van der Waals surface area contributed by atoms with E-state index in [-0.39, 0.29) is 10.2 Å². The van der Waals surface area contributed by atoms with E-state index in [9.17, 15) is 8.42 Å². The van der Waals surface area contributed by atoms with Crippen LogP contribution in [0.15, 0.2) is 23.4 Å². The van der Waals surface area contributed by atoms with Crippen LogP contribution in [0.2, 0.25) is 10.2 Å². The Bertz CT molecular complexity index is 635. The molecular formula is C7H5Cl2N3O2S. The molecule has 2 heterocycles. The molecule has 2 aromatic rings. The molecule has 0 aliphatic rings. The number of halogens is 2. The monoisotopic (exact) mass is 265 g/mol. The van der Waals surface area contributed by atoms with Gasteiger partial charge < -0.3 is 0 Å². The summed E-state index contributed by atoms with van der Waals surface area (Å²) in [5.41, 5.74) is 0.369. The third kappa shape index (κ3) is 1.81. The second-order valence-corrected chi connectivity index (χ2v) is 5.10. The molecule has 0 saturated carbocycles. The van der Waals surface area contributed by atoms with Crippen molar-refractivity contribution in [3.05, 3.63) is 28.5 Å². The van der Waals surface area contributed by atoms with Crippen LogP contribution in [0.5, 0.6) is 0 Å². The smallest absolute Gasteiger partial charge is 0.257 e. The molecule has 2 N–H and O–H groups in total. The summed E-state index contributed by atoms with van der Waals surface area (Å²) in [6.07, 6.45) is 1.38. The predicted molar refractivity (Wildman–Crippen MR) is 56.6 cm³/mol. The minimum atomic E-state index is -3.92. The molecule has 80 valence electrons.